The molecule has 172 valence electrons. The van der Waals surface area contributed by atoms with Crippen LogP contribution in [-0.4, -0.2) is 66.1 Å². The summed E-state index contributed by atoms with van der Waals surface area (Å²) in [5.74, 6) is 3.12. The van der Waals surface area contributed by atoms with Crippen LogP contribution in [0.3, 0.4) is 0 Å². The number of hydrogen-bond acceptors (Lipinski definition) is 5. The van der Waals surface area contributed by atoms with E-state index in [1.807, 2.05) is 11.8 Å². The minimum Gasteiger partial charge on any atom is -0.353 e. The molecule has 8 heteroatoms. The summed E-state index contributed by atoms with van der Waals surface area (Å²) in [7, 11) is 0. The first-order chi connectivity index (χ1) is 16.1. The molecule has 6 rings (SSSR count). The van der Waals surface area contributed by atoms with Gasteiger partial charge in [-0.2, -0.15) is 0 Å². The van der Waals surface area contributed by atoms with Crippen LogP contribution in [0.25, 0.3) is 0 Å². The van der Waals surface area contributed by atoms with Gasteiger partial charge in [0.1, 0.15) is 11.6 Å². The van der Waals surface area contributed by atoms with Crippen molar-refractivity contribution in [2.24, 2.45) is 0 Å². The summed E-state index contributed by atoms with van der Waals surface area (Å²) in [5.41, 5.74) is 4.10. The summed E-state index contributed by atoms with van der Waals surface area (Å²) in [5, 5.41) is 2.78. The van der Waals surface area contributed by atoms with Crippen molar-refractivity contribution in [3.63, 3.8) is 0 Å². The molecule has 2 saturated heterocycles. The van der Waals surface area contributed by atoms with Gasteiger partial charge in [-0.3, -0.25) is 9.69 Å². The first-order valence-electron chi connectivity index (χ1n) is 12.2. The second kappa shape index (κ2) is 8.01. The number of carbonyl (C=O) groups is 2. The Hall–Kier alpha value is -3.16. The molecule has 4 aliphatic rings. The molecule has 4 fully saturated rings. The summed E-state index contributed by atoms with van der Waals surface area (Å²) in [4.78, 5) is 40.5. The van der Waals surface area contributed by atoms with E-state index in [-0.39, 0.29) is 11.9 Å². The van der Waals surface area contributed by atoms with Gasteiger partial charge in [0.2, 0.25) is 0 Å². The third-order valence-corrected chi connectivity index (χ3v) is 7.28. The molecule has 3 amide bonds. The van der Waals surface area contributed by atoms with Crippen LogP contribution in [0.15, 0.2) is 24.4 Å². The standard InChI is InChI=1S/C25H30N6O2/c1-16-20(6-7-22(28-16)31-9-8-26-25(31)33)24(32)30-12-10-29(11-13-30)23-21(18-4-5-18)14-19(15-27-23)17-2-3-17/h6-7,14-15,17-18H,2-5,8-13H2,1H3,(H,26,33). The maximum Gasteiger partial charge on any atom is 0.323 e. The molecule has 0 atom stereocenters. The molecule has 8 nitrogen and oxygen atoms in total. The lowest BCUT2D eigenvalue weighted by Gasteiger charge is -2.36. The number of anilines is 2. The Labute approximate surface area is 194 Å². The number of hydrogen-bond donors (Lipinski definition) is 1. The zero-order chi connectivity index (χ0) is 22.5. The van der Waals surface area contributed by atoms with Crippen molar-refractivity contribution in [2.45, 2.75) is 44.4 Å². The van der Waals surface area contributed by atoms with Crippen LogP contribution in [-0.2, 0) is 0 Å². The van der Waals surface area contributed by atoms with Crippen LogP contribution in [0.4, 0.5) is 16.4 Å². The molecule has 2 aliphatic carbocycles. The molecular formula is C25H30N6O2. The molecule has 33 heavy (non-hydrogen) atoms. The van der Waals surface area contributed by atoms with E-state index in [1.54, 1.807) is 17.0 Å². The Kier molecular flexibility index (Phi) is 4.96. The van der Waals surface area contributed by atoms with Gasteiger partial charge in [0.25, 0.3) is 5.91 Å². The van der Waals surface area contributed by atoms with E-state index in [0.717, 1.165) is 24.8 Å². The van der Waals surface area contributed by atoms with E-state index in [9.17, 15) is 9.59 Å². The van der Waals surface area contributed by atoms with Crippen LogP contribution >= 0.6 is 0 Å². The highest BCUT2D eigenvalue weighted by molar-refractivity contribution is 5.97. The average Bonchev–Trinajstić information content (AvgIpc) is 3.76. The zero-order valence-electron chi connectivity index (χ0n) is 19.1. The van der Waals surface area contributed by atoms with Crippen LogP contribution < -0.4 is 15.1 Å². The lowest BCUT2D eigenvalue weighted by atomic mass is 10.1. The second-order valence-electron chi connectivity index (χ2n) is 9.70. The normalized spacial score (nSPS) is 20.9. The van der Waals surface area contributed by atoms with Crippen molar-refractivity contribution in [2.75, 3.05) is 49.1 Å². The summed E-state index contributed by atoms with van der Waals surface area (Å²) < 4.78 is 0. The average molecular weight is 447 g/mol. The monoisotopic (exact) mass is 446 g/mol. The van der Waals surface area contributed by atoms with Gasteiger partial charge in [0.15, 0.2) is 0 Å². The lowest BCUT2D eigenvalue weighted by Crippen LogP contribution is -2.49. The van der Waals surface area contributed by atoms with E-state index in [4.69, 9.17) is 4.98 Å². The molecule has 2 saturated carbocycles. The zero-order valence-corrected chi connectivity index (χ0v) is 19.1. The topological polar surface area (TPSA) is 81.7 Å². The van der Waals surface area contributed by atoms with Crippen LogP contribution in [0.5, 0.6) is 0 Å². The number of piperazine rings is 1. The van der Waals surface area contributed by atoms with Gasteiger partial charge < -0.3 is 15.1 Å². The molecule has 2 aromatic heterocycles. The van der Waals surface area contributed by atoms with Gasteiger partial charge in [-0.05, 0) is 67.7 Å². The van der Waals surface area contributed by atoms with Crippen LogP contribution in [0, 0.1) is 6.92 Å². The number of urea groups is 1. The van der Waals surface area contributed by atoms with Crippen molar-refractivity contribution >= 4 is 23.6 Å². The lowest BCUT2D eigenvalue weighted by molar-refractivity contribution is 0.0745. The highest BCUT2D eigenvalue weighted by atomic mass is 16.2. The Balaban J connectivity index is 1.14. The third kappa shape index (κ3) is 3.92. The SMILES string of the molecule is Cc1nc(N2CCNC2=O)ccc1C(=O)N1CCN(c2ncc(C3CC3)cc2C2CC2)CC1. The Morgan fingerprint density at radius 1 is 1.03 bits per heavy atom. The first kappa shape index (κ1) is 20.4. The Morgan fingerprint density at radius 2 is 1.79 bits per heavy atom. The largest absolute Gasteiger partial charge is 0.353 e. The van der Waals surface area contributed by atoms with Crippen molar-refractivity contribution in [1.29, 1.82) is 0 Å². The number of aromatic nitrogens is 2. The smallest absolute Gasteiger partial charge is 0.323 e. The van der Waals surface area contributed by atoms with Crippen LogP contribution in [0.2, 0.25) is 0 Å². The fraction of sp³-hybridized carbons (Fsp3) is 0.520. The Morgan fingerprint density at radius 3 is 2.42 bits per heavy atom. The van der Waals surface area contributed by atoms with Crippen molar-refractivity contribution in [3.8, 4) is 0 Å². The summed E-state index contributed by atoms with van der Waals surface area (Å²) >= 11 is 0. The number of rotatable bonds is 5. The van der Waals surface area contributed by atoms with E-state index >= 15 is 0 Å². The molecule has 0 bridgehead atoms. The fourth-order valence-electron chi connectivity index (χ4n) is 5.00. The summed E-state index contributed by atoms with van der Waals surface area (Å²) in [6, 6.07) is 5.85. The third-order valence-electron chi connectivity index (χ3n) is 7.28. The van der Waals surface area contributed by atoms with Gasteiger partial charge in [0.05, 0.1) is 11.3 Å². The molecule has 4 heterocycles. The van der Waals surface area contributed by atoms with Gasteiger partial charge in [-0.15, -0.1) is 0 Å². The summed E-state index contributed by atoms with van der Waals surface area (Å²) in [6.07, 6.45) is 7.21. The number of nitrogens with one attached hydrogen (secondary N) is 1. The fourth-order valence-corrected chi connectivity index (χ4v) is 5.00. The Bertz CT molecular complexity index is 1100. The molecule has 2 aromatic rings. The molecule has 0 radical (unpaired) electrons. The van der Waals surface area contributed by atoms with Gasteiger partial charge in [-0.25, -0.2) is 14.8 Å². The van der Waals surface area contributed by atoms with Gasteiger partial charge in [-0.1, -0.05) is 6.07 Å². The van der Waals surface area contributed by atoms with E-state index < -0.39 is 0 Å². The van der Waals surface area contributed by atoms with Crippen molar-refractivity contribution in [3.05, 3.63) is 46.8 Å². The molecule has 1 N–H and O–H groups in total. The van der Waals surface area contributed by atoms with E-state index in [1.165, 1.54) is 36.8 Å². The van der Waals surface area contributed by atoms with Gasteiger partial charge >= 0.3 is 6.03 Å². The minimum atomic E-state index is -0.138. The maximum absolute atomic E-state index is 13.2. The molecule has 0 aromatic carbocycles. The molecule has 2 aliphatic heterocycles. The highest BCUT2D eigenvalue weighted by Crippen LogP contribution is 2.47. The number of carbonyl (C=O) groups excluding carboxylic acids is 2. The van der Waals surface area contributed by atoms with E-state index in [2.05, 4.69) is 27.5 Å². The van der Waals surface area contributed by atoms with Crippen molar-refractivity contribution < 1.29 is 9.59 Å². The maximum atomic E-state index is 13.2. The minimum absolute atomic E-state index is 0.0107. The molecule has 0 unspecified atom stereocenters. The molecule has 0 spiro atoms. The number of aryl methyl sites for hydroxylation is 1. The predicted octanol–water partition coefficient (Wildman–Crippen LogP) is 3.03. The second-order valence-corrected chi connectivity index (χ2v) is 9.70. The van der Waals surface area contributed by atoms with E-state index in [0.29, 0.717) is 49.2 Å². The quantitative estimate of drug-likeness (QED) is 0.764. The van der Waals surface area contributed by atoms with Crippen molar-refractivity contribution in [1.82, 2.24) is 20.2 Å². The number of nitrogens with zero attached hydrogens (tertiary/aromatic N) is 5. The van der Waals surface area contributed by atoms with Gasteiger partial charge in [0, 0.05) is 45.5 Å². The highest BCUT2D eigenvalue weighted by Gasteiger charge is 2.33. The number of amides is 3. The summed E-state index contributed by atoms with van der Waals surface area (Å²) in [6.45, 7) is 5.98. The van der Waals surface area contributed by atoms with Crippen LogP contribution in [0.1, 0.15) is 64.7 Å². The predicted molar refractivity (Wildman–Crippen MR) is 126 cm³/mol. The first-order valence-corrected chi connectivity index (χ1v) is 12.2. The number of pyridine rings is 2. The molecular weight excluding hydrogens is 416 g/mol.